The summed E-state index contributed by atoms with van der Waals surface area (Å²) in [7, 11) is 0. The molecule has 1 aromatic carbocycles. The molecule has 0 amide bonds. The summed E-state index contributed by atoms with van der Waals surface area (Å²) in [6.07, 6.45) is 4.04. The summed E-state index contributed by atoms with van der Waals surface area (Å²) in [4.78, 5) is 5.73. The van der Waals surface area contributed by atoms with Gasteiger partial charge in [-0.1, -0.05) is 17.7 Å². The fourth-order valence-electron chi connectivity index (χ4n) is 1.99. The molecule has 0 aliphatic carbocycles. The maximum atomic E-state index is 5.95. The highest BCUT2D eigenvalue weighted by molar-refractivity contribution is 7.97. The molecule has 0 unspecified atom stereocenters. The van der Waals surface area contributed by atoms with Crippen LogP contribution in [0.2, 0.25) is 5.02 Å². The minimum absolute atomic E-state index is 0.717. The predicted octanol–water partition coefficient (Wildman–Crippen LogP) is 4.09. The third-order valence-corrected chi connectivity index (χ3v) is 4.19. The monoisotopic (exact) mass is 303 g/mol. The zero-order valence-electron chi connectivity index (χ0n) is 11.0. The standard InChI is InChI=1S/C15H14ClN3S/c1-11-8-12(16)5-6-14(11)20-17-9-13-10-19-7-3-2-4-15(19)18-13/h2-8,10,17H,9H2,1H3. The minimum atomic E-state index is 0.717. The van der Waals surface area contributed by atoms with Gasteiger partial charge in [0.25, 0.3) is 0 Å². The van der Waals surface area contributed by atoms with Gasteiger partial charge in [0, 0.05) is 22.3 Å². The van der Waals surface area contributed by atoms with Gasteiger partial charge in [-0.05, 0) is 54.8 Å². The highest BCUT2D eigenvalue weighted by Gasteiger charge is 2.03. The number of hydrogen-bond acceptors (Lipinski definition) is 3. The third kappa shape index (κ3) is 2.98. The lowest BCUT2D eigenvalue weighted by atomic mass is 10.2. The number of fused-ring (bicyclic) bond motifs is 1. The second kappa shape index (κ2) is 5.87. The second-order valence-corrected chi connectivity index (χ2v) is 5.90. The van der Waals surface area contributed by atoms with Gasteiger partial charge in [-0.2, -0.15) is 0 Å². The SMILES string of the molecule is Cc1cc(Cl)ccc1SNCc1cn2ccccc2n1. The highest BCUT2D eigenvalue weighted by atomic mass is 35.5. The number of benzene rings is 1. The normalized spacial score (nSPS) is 11.1. The van der Waals surface area contributed by atoms with Crippen molar-refractivity contribution in [1.29, 1.82) is 0 Å². The second-order valence-electron chi connectivity index (χ2n) is 4.53. The molecule has 2 heterocycles. The van der Waals surface area contributed by atoms with E-state index in [-0.39, 0.29) is 0 Å². The molecular weight excluding hydrogens is 290 g/mol. The molecule has 3 aromatic rings. The van der Waals surface area contributed by atoms with Crippen molar-refractivity contribution in [2.75, 3.05) is 0 Å². The predicted molar refractivity (Wildman–Crippen MR) is 84.1 cm³/mol. The molecule has 0 atom stereocenters. The van der Waals surface area contributed by atoms with Crippen molar-refractivity contribution < 1.29 is 0 Å². The Morgan fingerprint density at radius 2 is 2.20 bits per heavy atom. The zero-order valence-corrected chi connectivity index (χ0v) is 12.6. The average Bonchev–Trinajstić information content (AvgIpc) is 2.84. The van der Waals surface area contributed by atoms with E-state index in [1.54, 1.807) is 11.9 Å². The Bertz CT molecular complexity index is 706. The lowest BCUT2D eigenvalue weighted by Gasteiger charge is -2.05. The number of imidazole rings is 1. The highest BCUT2D eigenvalue weighted by Crippen LogP contribution is 2.23. The molecule has 102 valence electrons. The van der Waals surface area contributed by atoms with E-state index in [4.69, 9.17) is 11.6 Å². The maximum absolute atomic E-state index is 5.95. The molecule has 0 bridgehead atoms. The van der Waals surface area contributed by atoms with Crippen LogP contribution in [0.3, 0.4) is 0 Å². The molecule has 2 aromatic heterocycles. The lowest BCUT2D eigenvalue weighted by molar-refractivity contribution is 0.935. The lowest BCUT2D eigenvalue weighted by Crippen LogP contribution is -2.03. The molecule has 0 fully saturated rings. The summed E-state index contributed by atoms with van der Waals surface area (Å²) in [6, 6.07) is 11.9. The van der Waals surface area contributed by atoms with E-state index in [1.807, 2.05) is 53.2 Å². The Morgan fingerprint density at radius 3 is 3.00 bits per heavy atom. The number of rotatable bonds is 4. The van der Waals surface area contributed by atoms with Crippen molar-refractivity contribution in [3.05, 3.63) is 65.1 Å². The van der Waals surface area contributed by atoms with Crippen LogP contribution in [0.4, 0.5) is 0 Å². The Labute approximate surface area is 127 Å². The molecule has 20 heavy (non-hydrogen) atoms. The van der Waals surface area contributed by atoms with Gasteiger partial charge in [0.05, 0.1) is 12.2 Å². The topological polar surface area (TPSA) is 29.3 Å². The van der Waals surface area contributed by atoms with Crippen molar-refractivity contribution in [3.63, 3.8) is 0 Å². The molecule has 0 radical (unpaired) electrons. The van der Waals surface area contributed by atoms with E-state index in [0.29, 0.717) is 6.54 Å². The van der Waals surface area contributed by atoms with Crippen molar-refractivity contribution in [3.8, 4) is 0 Å². The summed E-state index contributed by atoms with van der Waals surface area (Å²) in [6.45, 7) is 2.77. The molecule has 0 saturated carbocycles. The molecule has 0 spiro atoms. The van der Waals surface area contributed by atoms with Gasteiger partial charge in [0.15, 0.2) is 0 Å². The first kappa shape index (κ1) is 13.5. The van der Waals surface area contributed by atoms with Crippen molar-refractivity contribution in [2.45, 2.75) is 18.4 Å². The van der Waals surface area contributed by atoms with Crippen LogP contribution in [0, 0.1) is 6.92 Å². The van der Waals surface area contributed by atoms with Gasteiger partial charge in [0.2, 0.25) is 0 Å². The molecule has 0 aliphatic heterocycles. The largest absolute Gasteiger partial charge is 0.307 e. The van der Waals surface area contributed by atoms with Gasteiger partial charge in [-0.15, -0.1) is 0 Å². The first-order chi connectivity index (χ1) is 9.72. The Hall–Kier alpha value is -1.49. The van der Waals surface area contributed by atoms with Crippen LogP contribution in [-0.2, 0) is 6.54 Å². The van der Waals surface area contributed by atoms with Crippen molar-refractivity contribution in [1.82, 2.24) is 14.1 Å². The maximum Gasteiger partial charge on any atom is 0.137 e. The summed E-state index contributed by atoms with van der Waals surface area (Å²) < 4.78 is 5.36. The minimum Gasteiger partial charge on any atom is -0.307 e. The van der Waals surface area contributed by atoms with E-state index in [1.165, 1.54) is 10.5 Å². The van der Waals surface area contributed by atoms with Gasteiger partial charge in [-0.3, -0.25) is 4.72 Å². The fraction of sp³-hybridized carbons (Fsp3) is 0.133. The van der Waals surface area contributed by atoms with Gasteiger partial charge < -0.3 is 4.40 Å². The number of hydrogen-bond donors (Lipinski definition) is 1. The smallest absolute Gasteiger partial charge is 0.137 e. The van der Waals surface area contributed by atoms with Crippen LogP contribution >= 0.6 is 23.5 Å². The summed E-state index contributed by atoms with van der Waals surface area (Å²) >= 11 is 7.55. The molecule has 0 saturated heterocycles. The van der Waals surface area contributed by atoms with E-state index in [9.17, 15) is 0 Å². The number of nitrogens with zero attached hydrogens (tertiary/aromatic N) is 2. The van der Waals surface area contributed by atoms with Gasteiger partial charge >= 0.3 is 0 Å². The summed E-state index contributed by atoms with van der Waals surface area (Å²) in [5.74, 6) is 0. The van der Waals surface area contributed by atoms with Crippen LogP contribution < -0.4 is 4.72 Å². The van der Waals surface area contributed by atoms with E-state index in [2.05, 4.69) is 16.6 Å². The Kier molecular flexibility index (Phi) is 3.96. The molecule has 5 heteroatoms. The molecule has 1 N–H and O–H groups in total. The molecule has 3 nitrogen and oxygen atoms in total. The third-order valence-electron chi connectivity index (χ3n) is 2.99. The number of halogens is 1. The van der Waals surface area contributed by atoms with E-state index in [0.717, 1.165) is 16.4 Å². The number of aryl methyl sites for hydroxylation is 1. The quantitative estimate of drug-likeness (QED) is 0.736. The summed E-state index contributed by atoms with van der Waals surface area (Å²) in [5.41, 5.74) is 3.16. The molecular formula is C15H14ClN3S. The summed E-state index contributed by atoms with van der Waals surface area (Å²) in [5, 5.41) is 0.771. The Morgan fingerprint density at radius 1 is 1.30 bits per heavy atom. The van der Waals surface area contributed by atoms with Gasteiger partial charge in [0.1, 0.15) is 5.65 Å². The molecule has 3 rings (SSSR count). The first-order valence-corrected chi connectivity index (χ1v) is 7.50. The van der Waals surface area contributed by atoms with Crippen LogP contribution in [0.5, 0.6) is 0 Å². The van der Waals surface area contributed by atoms with Crippen molar-refractivity contribution >= 4 is 29.2 Å². The fourth-order valence-corrected chi connectivity index (χ4v) is 2.95. The zero-order chi connectivity index (χ0) is 13.9. The number of aromatic nitrogens is 2. The molecule has 0 aliphatic rings. The van der Waals surface area contributed by atoms with Gasteiger partial charge in [-0.25, -0.2) is 4.98 Å². The van der Waals surface area contributed by atoms with Crippen molar-refractivity contribution in [2.24, 2.45) is 0 Å². The van der Waals surface area contributed by atoms with Crippen LogP contribution in [0.15, 0.2) is 53.7 Å². The van der Waals surface area contributed by atoms with Crippen LogP contribution in [-0.4, -0.2) is 9.38 Å². The van der Waals surface area contributed by atoms with Crippen LogP contribution in [0.25, 0.3) is 5.65 Å². The first-order valence-electron chi connectivity index (χ1n) is 6.31. The average molecular weight is 304 g/mol. The number of pyridine rings is 1. The Balaban J connectivity index is 1.64. The van der Waals surface area contributed by atoms with E-state index < -0.39 is 0 Å². The van der Waals surface area contributed by atoms with Crippen LogP contribution in [0.1, 0.15) is 11.3 Å². The number of nitrogens with one attached hydrogen (secondary N) is 1. The van der Waals surface area contributed by atoms with E-state index >= 15 is 0 Å².